The quantitative estimate of drug-likeness (QED) is 0.815. The van der Waals surface area contributed by atoms with Gasteiger partial charge in [-0.15, -0.1) is 0 Å². The number of halogens is 3. The van der Waals surface area contributed by atoms with E-state index in [4.69, 9.17) is 14.6 Å². The van der Waals surface area contributed by atoms with Gasteiger partial charge in [0.05, 0.1) is 26.4 Å². The smallest absolute Gasteiger partial charge is 0.433 e. The number of hydrogen-bond acceptors (Lipinski definition) is 7. The summed E-state index contributed by atoms with van der Waals surface area (Å²) in [5, 5.41) is 15.8. The van der Waals surface area contributed by atoms with Gasteiger partial charge in [-0.3, -0.25) is 10.00 Å². The van der Waals surface area contributed by atoms with Gasteiger partial charge in [0.2, 0.25) is 5.88 Å². The van der Waals surface area contributed by atoms with Gasteiger partial charge >= 0.3 is 6.18 Å². The lowest BCUT2D eigenvalue weighted by atomic mass is 10.1. The molecular weight excluding hydrogens is 355 g/mol. The van der Waals surface area contributed by atoms with E-state index >= 15 is 0 Å². The van der Waals surface area contributed by atoms with Crippen molar-refractivity contribution in [2.24, 2.45) is 0 Å². The molecule has 0 saturated carbocycles. The zero-order valence-electron chi connectivity index (χ0n) is 14.0. The molecule has 1 aliphatic rings. The van der Waals surface area contributed by atoms with E-state index < -0.39 is 11.9 Å². The third-order valence-electron chi connectivity index (χ3n) is 4.03. The molecule has 1 saturated heterocycles. The Bertz CT molecular complexity index is 752. The van der Waals surface area contributed by atoms with Gasteiger partial charge in [-0.25, -0.2) is 9.97 Å². The second kappa shape index (κ2) is 7.56. The van der Waals surface area contributed by atoms with Gasteiger partial charge in [-0.05, 0) is 6.07 Å². The fourth-order valence-electron chi connectivity index (χ4n) is 2.74. The number of alkyl halides is 3. The number of morpholine rings is 1. The number of pyridine rings is 1. The Labute approximate surface area is 147 Å². The average Bonchev–Trinajstić information content (AvgIpc) is 3.10. The molecular formula is C15H18F3N5O3. The second-order valence-electron chi connectivity index (χ2n) is 5.72. The number of rotatable bonds is 5. The molecule has 11 heteroatoms. The molecule has 3 rings (SSSR count). The van der Waals surface area contributed by atoms with Gasteiger partial charge in [0, 0.05) is 18.7 Å². The molecule has 1 aliphatic heterocycles. The van der Waals surface area contributed by atoms with Crippen molar-refractivity contribution in [1.29, 1.82) is 0 Å². The van der Waals surface area contributed by atoms with Crippen molar-refractivity contribution in [3.8, 4) is 5.88 Å². The molecule has 3 heterocycles. The highest BCUT2D eigenvalue weighted by atomic mass is 19.4. The largest absolute Gasteiger partial charge is 0.481 e. The average molecular weight is 373 g/mol. The van der Waals surface area contributed by atoms with E-state index in [0.717, 1.165) is 6.07 Å². The van der Waals surface area contributed by atoms with Gasteiger partial charge in [0.1, 0.15) is 18.1 Å². The summed E-state index contributed by atoms with van der Waals surface area (Å²) in [6.07, 6.45) is -4.53. The summed E-state index contributed by atoms with van der Waals surface area (Å²) in [6.45, 7) is 1.38. The number of aliphatic hydroxyl groups excluding tert-OH is 1. The molecule has 1 unspecified atom stereocenters. The zero-order chi connectivity index (χ0) is 18.7. The van der Waals surface area contributed by atoms with Crippen LogP contribution in [0, 0.1) is 0 Å². The number of hydrogen-bond donors (Lipinski definition) is 2. The second-order valence-corrected chi connectivity index (χ2v) is 5.72. The molecule has 2 aromatic heterocycles. The van der Waals surface area contributed by atoms with Gasteiger partial charge in [-0.1, -0.05) is 6.07 Å². The van der Waals surface area contributed by atoms with E-state index in [1.807, 2.05) is 4.90 Å². The predicted molar refractivity (Wildman–Crippen MR) is 82.1 cm³/mol. The number of nitrogens with zero attached hydrogens (tertiary/aromatic N) is 4. The number of aromatic nitrogens is 4. The standard InChI is InChI=1S/C15H18F3N5O3/c1-25-14-9(2-3-11(19-14)15(16,17)18)6-23-4-5-26-8-10(23)13-20-12(7-24)21-22-13/h2-3,10,24H,4-8H2,1H3,(H,20,21,22). The van der Waals surface area contributed by atoms with Crippen molar-refractivity contribution >= 4 is 0 Å². The van der Waals surface area contributed by atoms with Crippen LogP contribution in [-0.4, -0.2) is 57.0 Å². The number of nitrogens with one attached hydrogen (secondary N) is 1. The SMILES string of the molecule is COc1nc(C(F)(F)F)ccc1CN1CCOCC1c1n[nH]c(CO)n1. The molecule has 1 atom stereocenters. The molecule has 2 N–H and O–H groups in total. The van der Waals surface area contributed by atoms with E-state index in [2.05, 4.69) is 20.2 Å². The molecule has 2 aromatic rings. The Balaban J connectivity index is 1.83. The van der Waals surface area contributed by atoms with Crippen LogP contribution in [0.2, 0.25) is 0 Å². The normalized spacial score (nSPS) is 18.9. The Hall–Kier alpha value is -2.24. The first-order valence-corrected chi connectivity index (χ1v) is 7.87. The lowest BCUT2D eigenvalue weighted by molar-refractivity contribution is -0.141. The maximum absolute atomic E-state index is 12.8. The van der Waals surface area contributed by atoms with Crippen LogP contribution < -0.4 is 4.74 Å². The van der Waals surface area contributed by atoms with Crippen molar-refractivity contribution in [1.82, 2.24) is 25.1 Å². The highest BCUT2D eigenvalue weighted by Gasteiger charge is 2.34. The van der Waals surface area contributed by atoms with Crippen molar-refractivity contribution in [3.63, 3.8) is 0 Å². The molecule has 0 bridgehead atoms. The summed E-state index contributed by atoms with van der Waals surface area (Å²) < 4.78 is 49.0. The summed E-state index contributed by atoms with van der Waals surface area (Å²) in [5.41, 5.74) is -0.483. The molecule has 0 aromatic carbocycles. The summed E-state index contributed by atoms with van der Waals surface area (Å²) in [4.78, 5) is 9.74. The van der Waals surface area contributed by atoms with E-state index in [-0.39, 0.29) is 18.5 Å². The number of ether oxygens (including phenoxy) is 2. The van der Waals surface area contributed by atoms with E-state index in [0.29, 0.717) is 43.5 Å². The molecule has 26 heavy (non-hydrogen) atoms. The minimum atomic E-state index is -4.53. The number of aromatic amines is 1. The van der Waals surface area contributed by atoms with Crippen LogP contribution in [0.4, 0.5) is 13.2 Å². The Kier molecular flexibility index (Phi) is 5.39. The minimum absolute atomic E-state index is 0.0731. The van der Waals surface area contributed by atoms with E-state index in [1.165, 1.54) is 13.2 Å². The Morgan fingerprint density at radius 1 is 1.38 bits per heavy atom. The highest BCUT2D eigenvalue weighted by molar-refractivity contribution is 5.29. The van der Waals surface area contributed by atoms with Crippen LogP contribution in [-0.2, 0) is 24.1 Å². The molecule has 142 valence electrons. The van der Waals surface area contributed by atoms with Crippen LogP contribution in [0.5, 0.6) is 5.88 Å². The van der Waals surface area contributed by atoms with Crippen molar-refractivity contribution in [2.75, 3.05) is 26.9 Å². The van der Waals surface area contributed by atoms with Gasteiger partial charge in [-0.2, -0.15) is 18.3 Å². The monoisotopic (exact) mass is 373 g/mol. The predicted octanol–water partition coefficient (Wildman–Crippen LogP) is 1.29. The third-order valence-corrected chi connectivity index (χ3v) is 4.03. The summed E-state index contributed by atoms with van der Waals surface area (Å²) in [7, 11) is 1.28. The van der Waals surface area contributed by atoms with Crippen LogP contribution in [0.25, 0.3) is 0 Å². The van der Waals surface area contributed by atoms with Gasteiger partial charge in [0.25, 0.3) is 0 Å². The summed E-state index contributed by atoms with van der Waals surface area (Å²) in [6, 6.07) is 2.00. The summed E-state index contributed by atoms with van der Waals surface area (Å²) in [5.74, 6) is 0.711. The first kappa shape index (κ1) is 18.5. The van der Waals surface area contributed by atoms with Gasteiger partial charge < -0.3 is 14.6 Å². The Morgan fingerprint density at radius 3 is 2.85 bits per heavy atom. The third kappa shape index (κ3) is 3.94. The topological polar surface area (TPSA) is 96.4 Å². The first-order valence-electron chi connectivity index (χ1n) is 7.87. The van der Waals surface area contributed by atoms with E-state index in [1.54, 1.807) is 0 Å². The fourth-order valence-corrected chi connectivity index (χ4v) is 2.74. The number of aliphatic hydroxyl groups is 1. The summed E-state index contributed by atoms with van der Waals surface area (Å²) >= 11 is 0. The van der Waals surface area contributed by atoms with Crippen molar-refractivity contribution < 1.29 is 27.8 Å². The highest BCUT2D eigenvalue weighted by Crippen LogP contribution is 2.32. The van der Waals surface area contributed by atoms with Crippen molar-refractivity contribution in [3.05, 3.63) is 35.0 Å². The number of H-pyrrole nitrogens is 1. The molecule has 8 nitrogen and oxygen atoms in total. The molecule has 0 radical (unpaired) electrons. The molecule has 0 amide bonds. The van der Waals surface area contributed by atoms with Crippen LogP contribution >= 0.6 is 0 Å². The van der Waals surface area contributed by atoms with Crippen LogP contribution in [0.1, 0.15) is 28.9 Å². The van der Waals surface area contributed by atoms with Crippen molar-refractivity contribution in [2.45, 2.75) is 25.4 Å². The minimum Gasteiger partial charge on any atom is -0.481 e. The van der Waals surface area contributed by atoms with E-state index in [9.17, 15) is 13.2 Å². The van der Waals surface area contributed by atoms with Crippen LogP contribution in [0.3, 0.4) is 0 Å². The fraction of sp³-hybridized carbons (Fsp3) is 0.533. The zero-order valence-corrected chi connectivity index (χ0v) is 14.0. The molecule has 0 aliphatic carbocycles. The maximum Gasteiger partial charge on any atom is 0.433 e. The Morgan fingerprint density at radius 2 is 2.19 bits per heavy atom. The van der Waals surface area contributed by atoms with Gasteiger partial charge in [0.15, 0.2) is 5.82 Å². The lowest BCUT2D eigenvalue weighted by Gasteiger charge is -2.34. The molecule has 0 spiro atoms. The maximum atomic E-state index is 12.8. The lowest BCUT2D eigenvalue weighted by Crippen LogP contribution is -2.39. The first-order chi connectivity index (χ1) is 12.4. The van der Waals surface area contributed by atoms with Crippen LogP contribution in [0.15, 0.2) is 12.1 Å². The number of methoxy groups -OCH3 is 1. The molecule has 1 fully saturated rings.